The number of nitrogens with one attached hydrogen (secondary N) is 1. The van der Waals surface area contributed by atoms with Crippen molar-refractivity contribution in [1.29, 1.82) is 0 Å². The van der Waals surface area contributed by atoms with Crippen molar-refractivity contribution in [1.82, 2.24) is 14.9 Å². The molecule has 1 aromatic heterocycles. The van der Waals surface area contributed by atoms with Crippen molar-refractivity contribution in [3.8, 4) is 0 Å². The molecule has 0 aliphatic heterocycles. The lowest BCUT2D eigenvalue weighted by molar-refractivity contribution is 0.497. The highest BCUT2D eigenvalue weighted by molar-refractivity contribution is 9.11. The molecular formula is C9H14BrN3. The molecule has 0 saturated carbocycles. The largest absolute Gasteiger partial charge is 0.336 e. The second kappa shape index (κ2) is 5.19. The fourth-order valence-electron chi connectivity index (χ4n) is 1.06. The zero-order valence-corrected chi connectivity index (χ0v) is 9.29. The highest BCUT2D eigenvalue weighted by atomic mass is 79.9. The van der Waals surface area contributed by atoms with Crippen LogP contribution in [-0.2, 0) is 6.54 Å². The maximum Gasteiger partial charge on any atom is 0.0946 e. The van der Waals surface area contributed by atoms with Gasteiger partial charge in [0.25, 0.3) is 0 Å². The molecule has 1 heterocycles. The van der Waals surface area contributed by atoms with Crippen LogP contribution in [0, 0.1) is 0 Å². The predicted octanol–water partition coefficient (Wildman–Crippen LogP) is 1.77. The standard InChI is InChI=1S/C9H14BrN3/c1-8(10)5-12-9(2)6-13-4-3-11-7-13/h3-4,7,9,12H,1,5-6H2,2H3. The molecule has 1 unspecified atom stereocenters. The van der Waals surface area contributed by atoms with Gasteiger partial charge in [0.1, 0.15) is 0 Å². The third-order valence-corrected chi connectivity index (χ3v) is 1.97. The predicted molar refractivity (Wildman–Crippen MR) is 57.8 cm³/mol. The van der Waals surface area contributed by atoms with Crippen molar-refractivity contribution < 1.29 is 0 Å². The van der Waals surface area contributed by atoms with Crippen molar-refractivity contribution in [2.75, 3.05) is 6.54 Å². The van der Waals surface area contributed by atoms with Gasteiger partial charge in [-0.2, -0.15) is 0 Å². The number of nitrogens with zero attached hydrogens (tertiary/aromatic N) is 2. The van der Waals surface area contributed by atoms with E-state index in [1.165, 1.54) is 0 Å². The SMILES string of the molecule is C=C(Br)CNC(C)Cn1ccnc1. The minimum absolute atomic E-state index is 0.420. The Morgan fingerprint density at radius 1 is 1.77 bits per heavy atom. The summed E-state index contributed by atoms with van der Waals surface area (Å²) in [6.07, 6.45) is 5.57. The summed E-state index contributed by atoms with van der Waals surface area (Å²) in [7, 11) is 0. The Hall–Kier alpha value is -0.610. The minimum atomic E-state index is 0.420. The van der Waals surface area contributed by atoms with Crippen LogP contribution < -0.4 is 5.32 Å². The molecule has 0 aliphatic carbocycles. The Morgan fingerprint density at radius 3 is 3.08 bits per heavy atom. The lowest BCUT2D eigenvalue weighted by Crippen LogP contribution is -2.30. The van der Waals surface area contributed by atoms with Gasteiger partial charge in [-0.25, -0.2) is 4.98 Å². The Labute approximate surface area is 87.0 Å². The van der Waals surface area contributed by atoms with E-state index in [2.05, 4.69) is 44.3 Å². The van der Waals surface area contributed by atoms with Crippen LogP contribution in [0.2, 0.25) is 0 Å². The van der Waals surface area contributed by atoms with Crippen LogP contribution in [0.15, 0.2) is 29.8 Å². The molecule has 0 saturated heterocycles. The second-order valence-corrected chi connectivity index (χ2v) is 4.18. The number of aromatic nitrogens is 2. The van der Waals surface area contributed by atoms with Crippen LogP contribution in [0.4, 0.5) is 0 Å². The maximum atomic E-state index is 3.98. The van der Waals surface area contributed by atoms with Gasteiger partial charge in [-0.05, 0) is 6.92 Å². The summed E-state index contributed by atoms with van der Waals surface area (Å²) >= 11 is 3.30. The summed E-state index contributed by atoms with van der Waals surface area (Å²) in [4.78, 5) is 3.98. The van der Waals surface area contributed by atoms with Gasteiger partial charge in [0.05, 0.1) is 6.33 Å². The molecule has 0 amide bonds. The van der Waals surface area contributed by atoms with Crippen molar-refractivity contribution >= 4 is 15.9 Å². The van der Waals surface area contributed by atoms with E-state index in [-0.39, 0.29) is 0 Å². The average molecular weight is 244 g/mol. The van der Waals surface area contributed by atoms with E-state index in [0.717, 1.165) is 17.6 Å². The maximum absolute atomic E-state index is 3.98. The lowest BCUT2D eigenvalue weighted by atomic mass is 10.3. The van der Waals surface area contributed by atoms with E-state index in [9.17, 15) is 0 Å². The number of rotatable bonds is 5. The Bertz CT molecular complexity index is 256. The summed E-state index contributed by atoms with van der Waals surface area (Å²) in [5, 5.41) is 3.33. The van der Waals surface area contributed by atoms with Gasteiger partial charge in [-0.1, -0.05) is 22.5 Å². The molecule has 1 N–H and O–H groups in total. The highest BCUT2D eigenvalue weighted by Crippen LogP contribution is 1.98. The molecule has 0 radical (unpaired) electrons. The van der Waals surface area contributed by atoms with E-state index in [1.807, 2.05) is 12.5 Å². The number of hydrogen-bond acceptors (Lipinski definition) is 2. The molecule has 0 aliphatic rings. The summed E-state index contributed by atoms with van der Waals surface area (Å²) in [5.41, 5.74) is 0. The molecule has 72 valence electrons. The first kappa shape index (κ1) is 10.5. The summed E-state index contributed by atoms with van der Waals surface area (Å²) in [6.45, 7) is 7.63. The van der Waals surface area contributed by atoms with Crippen LogP contribution >= 0.6 is 15.9 Å². The molecule has 0 bridgehead atoms. The van der Waals surface area contributed by atoms with Gasteiger partial charge >= 0.3 is 0 Å². The van der Waals surface area contributed by atoms with Crippen molar-refractivity contribution in [2.24, 2.45) is 0 Å². The van der Waals surface area contributed by atoms with Crippen molar-refractivity contribution in [2.45, 2.75) is 19.5 Å². The van der Waals surface area contributed by atoms with Gasteiger partial charge < -0.3 is 9.88 Å². The van der Waals surface area contributed by atoms with E-state index in [1.54, 1.807) is 6.20 Å². The molecule has 1 aromatic rings. The molecule has 1 rings (SSSR count). The fourth-order valence-corrected chi connectivity index (χ4v) is 1.22. The minimum Gasteiger partial charge on any atom is -0.336 e. The molecule has 1 atom stereocenters. The van der Waals surface area contributed by atoms with Gasteiger partial charge in [0.15, 0.2) is 0 Å². The second-order valence-electron chi connectivity index (χ2n) is 3.06. The molecule has 0 fully saturated rings. The number of halogens is 1. The summed E-state index contributed by atoms with van der Waals surface area (Å²) in [6, 6.07) is 0.420. The Morgan fingerprint density at radius 2 is 2.54 bits per heavy atom. The first-order chi connectivity index (χ1) is 6.18. The average Bonchev–Trinajstić information content (AvgIpc) is 2.53. The fraction of sp³-hybridized carbons (Fsp3) is 0.444. The first-order valence-corrected chi connectivity index (χ1v) is 5.00. The third-order valence-electron chi connectivity index (χ3n) is 1.69. The Balaban J connectivity index is 2.25. The van der Waals surface area contributed by atoms with Crippen LogP contribution in [0.25, 0.3) is 0 Å². The van der Waals surface area contributed by atoms with Crippen LogP contribution in [0.3, 0.4) is 0 Å². The zero-order valence-electron chi connectivity index (χ0n) is 7.70. The number of imidazole rings is 1. The number of hydrogen-bond donors (Lipinski definition) is 1. The summed E-state index contributed by atoms with van der Waals surface area (Å²) < 4.78 is 3.03. The Kier molecular flexibility index (Phi) is 4.18. The molecule has 0 spiro atoms. The van der Waals surface area contributed by atoms with Gasteiger partial charge in [0.2, 0.25) is 0 Å². The van der Waals surface area contributed by atoms with Gasteiger partial charge in [-0.15, -0.1) is 0 Å². The van der Waals surface area contributed by atoms with Gasteiger partial charge in [-0.3, -0.25) is 0 Å². The third kappa shape index (κ3) is 4.24. The van der Waals surface area contributed by atoms with Crippen LogP contribution in [0.1, 0.15) is 6.92 Å². The molecular weight excluding hydrogens is 230 g/mol. The normalized spacial score (nSPS) is 12.8. The van der Waals surface area contributed by atoms with Crippen molar-refractivity contribution in [3.05, 3.63) is 29.8 Å². The first-order valence-electron chi connectivity index (χ1n) is 4.21. The van der Waals surface area contributed by atoms with E-state index < -0.39 is 0 Å². The van der Waals surface area contributed by atoms with Gasteiger partial charge in [0, 0.05) is 36.0 Å². The lowest BCUT2D eigenvalue weighted by Gasteiger charge is -2.13. The molecule has 13 heavy (non-hydrogen) atoms. The van der Waals surface area contributed by atoms with Crippen molar-refractivity contribution in [3.63, 3.8) is 0 Å². The molecule has 3 nitrogen and oxygen atoms in total. The quantitative estimate of drug-likeness (QED) is 0.855. The van der Waals surface area contributed by atoms with E-state index in [0.29, 0.717) is 6.04 Å². The van der Waals surface area contributed by atoms with E-state index >= 15 is 0 Å². The molecule has 0 aromatic carbocycles. The van der Waals surface area contributed by atoms with Crippen LogP contribution in [0.5, 0.6) is 0 Å². The highest BCUT2D eigenvalue weighted by Gasteiger charge is 2.01. The topological polar surface area (TPSA) is 29.9 Å². The monoisotopic (exact) mass is 243 g/mol. The molecule has 4 heteroatoms. The smallest absolute Gasteiger partial charge is 0.0946 e. The summed E-state index contributed by atoms with van der Waals surface area (Å²) in [5.74, 6) is 0. The zero-order chi connectivity index (χ0) is 9.68. The van der Waals surface area contributed by atoms with Crippen LogP contribution in [-0.4, -0.2) is 22.1 Å². The van der Waals surface area contributed by atoms with E-state index in [4.69, 9.17) is 0 Å².